The third-order valence-corrected chi connectivity index (χ3v) is 12.0. The van der Waals surface area contributed by atoms with E-state index >= 15 is 0 Å². The summed E-state index contributed by atoms with van der Waals surface area (Å²) in [6.45, 7) is 31.1. The second kappa shape index (κ2) is 21.6. The van der Waals surface area contributed by atoms with Crippen molar-refractivity contribution < 1.29 is 4.79 Å². The van der Waals surface area contributed by atoms with Gasteiger partial charge in [-0.2, -0.15) is 0 Å². The van der Waals surface area contributed by atoms with Crippen molar-refractivity contribution in [1.29, 1.82) is 0 Å². The van der Waals surface area contributed by atoms with Crippen molar-refractivity contribution in [2.75, 3.05) is 16.8 Å². The lowest BCUT2D eigenvalue weighted by molar-refractivity contribution is -0.119. The van der Waals surface area contributed by atoms with Crippen molar-refractivity contribution in [3.05, 3.63) is 167 Å². The van der Waals surface area contributed by atoms with Crippen LogP contribution in [0.4, 0.5) is 22.7 Å². The molecule has 0 N–H and O–H groups in total. The third-order valence-electron chi connectivity index (χ3n) is 12.0. The second-order valence-electron chi connectivity index (χ2n) is 18.2. The van der Waals surface area contributed by atoms with Crippen LogP contribution in [0.25, 0.3) is 0 Å². The number of Topliss-reactive ketones (excluding diaryl/α,β-unsaturated/α-hetero) is 1. The molecular weight excluding hydrogens is 741 g/mol. The Morgan fingerprint density at radius 2 is 1.49 bits per heavy atom. The maximum Gasteiger partial charge on any atom is 0.208 e. The van der Waals surface area contributed by atoms with Crippen molar-refractivity contribution in [3.63, 3.8) is 0 Å². The SMILES string of the molecule is CC.Cc1cccc(N(C2=CC3CC3(C)C=C2)c2cc(C)c(N(C)c3ccc([C]4C=C4CCCC#CC(=O)C(C)C(C)(C)C)c(C)c3)cc2C)c1.Cc1ccccc1.[CH2]CC. The number of aryl methyl sites for hydroxylation is 5. The van der Waals surface area contributed by atoms with E-state index in [1.807, 2.05) is 45.9 Å². The Morgan fingerprint density at radius 1 is 0.852 bits per heavy atom. The summed E-state index contributed by atoms with van der Waals surface area (Å²) in [5, 5.41) is 0. The van der Waals surface area contributed by atoms with E-state index in [2.05, 4.69) is 189 Å². The summed E-state index contributed by atoms with van der Waals surface area (Å²) in [5.74, 6) is 8.00. The summed E-state index contributed by atoms with van der Waals surface area (Å²) >= 11 is 0. The molecule has 3 heteroatoms. The smallest absolute Gasteiger partial charge is 0.208 e. The van der Waals surface area contributed by atoms with E-state index in [0.29, 0.717) is 11.3 Å². The van der Waals surface area contributed by atoms with E-state index in [1.165, 1.54) is 79.7 Å². The van der Waals surface area contributed by atoms with Crippen LogP contribution in [-0.2, 0) is 4.79 Å². The number of nitrogens with zero attached hydrogens (tertiary/aromatic N) is 2. The molecule has 2 radical (unpaired) electrons. The fourth-order valence-corrected chi connectivity index (χ4v) is 7.57. The lowest BCUT2D eigenvalue weighted by Crippen LogP contribution is -2.24. The van der Waals surface area contributed by atoms with Crippen LogP contribution < -0.4 is 9.80 Å². The zero-order valence-corrected chi connectivity index (χ0v) is 40.1. The first-order chi connectivity index (χ1) is 29.0. The summed E-state index contributed by atoms with van der Waals surface area (Å²) in [4.78, 5) is 17.1. The van der Waals surface area contributed by atoms with Gasteiger partial charge in [0.15, 0.2) is 0 Å². The van der Waals surface area contributed by atoms with Gasteiger partial charge in [0.05, 0.1) is 5.92 Å². The van der Waals surface area contributed by atoms with Gasteiger partial charge in [0.1, 0.15) is 0 Å². The molecule has 7 rings (SSSR count). The van der Waals surface area contributed by atoms with Crippen molar-refractivity contribution >= 4 is 28.5 Å². The van der Waals surface area contributed by atoms with E-state index in [9.17, 15) is 4.79 Å². The first-order valence-corrected chi connectivity index (χ1v) is 22.6. The van der Waals surface area contributed by atoms with Gasteiger partial charge in [0.25, 0.3) is 0 Å². The van der Waals surface area contributed by atoms with Crippen LogP contribution in [0.5, 0.6) is 0 Å². The highest BCUT2D eigenvalue weighted by molar-refractivity contribution is 5.97. The van der Waals surface area contributed by atoms with E-state index in [4.69, 9.17) is 0 Å². The number of ketones is 1. The van der Waals surface area contributed by atoms with Gasteiger partial charge in [-0.25, -0.2) is 0 Å². The van der Waals surface area contributed by atoms with Crippen LogP contribution in [-0.4, -0.2) is 12.8 Å². The number of fused-ring (bicyclic) bond motifs is 1. The summed E-state index contributed by atoms with van der Waals surface area (Å²) in [5.41, 5.74) is 15.5. The number of rotatable bonds is 10. The van der Waals surface area contributed by atoms with Crippen molar-refractivity contribution in [2.45, 2.75) is 122 Å². The zero-order valence-electron chi connectivity index (χ0n) is 40.1. The number of hydrogen-bond acceptors (Lipinski definition) is 3. The second-order valence-corrected chi connectivity index (χ2v) is 18.2. The molecule has 3 aliphatic rings. The Morgan fingerprint density at radius 3 is 2.08 bits per heavy atom. The van der Waals surface area contributed by atoms with Crippen LogP contribution >= 0.6 is 0 Å². The molecule has 3 nitrogen and oxygen atoms in total. The van der Waals surface area contributed by atoms with Crippen molar-refractivity contribution in [3.8, 4) is 11.8 Å². The third kappa shape index (κ3) is 13.0. The average Bonchev–Trinajstić information content (AvgIpc) is 4.15. The molecule has 3 unspecified atom stereocenters. The first-order valence-electron chi connectivity index (χ1n) is 22.6. The molecule has 0 saturated heterocycles. The van der Waals surface area contributed by atoms with Crippen molar-refractivity contribution in [2.24, 2.45) is 22.7 Å². The van der Waals surface area contributed by atoms with Gasteiger partial charge >= 0.3 is 0 Å². The molecular formula is C58H74N2O. The first kappa shape index (κ1) is 48.6. The fourth-order valence-electron chi connectivity index (χ4n) is 7.57. The van der Waals surface area contributed by atoms with Crippen LogP contribution in [0, 0.1) is 82.0 Å². The lowest BCUT2D eigenvalue weighted by Gasteiger charge is -2.32. The number of benzene rings is 4. The van der Waals surface area contributed by atoms with Crippen LogP contribution in [0.1, 0.15) is 121 Å². The number of anilines is 4. The maximum atomic E-state index is 12.4. The predicted octanol–water partition coefficient (Wildman–Crippen LogP) is 15.8. The van der Waals surface area contributed by atoms with Crippen LogP contribution in [0.3, 0.4) is 0 Å². The van der Waals surface area contributed by atoms with Gasteiger partial charge in [0, 0.05) is 47.8 Å². The topological polar surface area (TPSA) is 23.6 Å². The highest BCUT2D eigenvalue weighted by atomic mass is 16.1. The monoisotopic (exact) mass is 815 g/mol. The average molecular weight is 815 g/mol. The standard InChI is InChI=1S/C46H53N2O.C7H8.C3H7.C2H6/c1-30-15-14-17-38(23-30)48(39-21-22-46(9)29-36(46)28-39)43-26-32(3)42(25-33(43)4)47(10)37-19-20-40(31(2)24-37)41-27-35(41)16-12-11-13-18-44(49)34(5)45(6,7)8;1-7-5-3-2-4-6-7;1-3-2;1-2/h14-15,17,19-28,34,36H,11-12,16,29H2,1-10H3;2-6H,1H3;1,3H2,2H3;1-2H3. The van der Waals surface area contributed by atoms with E-state index in [0.717, 1.165) is 25.7 Å². The highest BCUT2D eigenvalue weighted by Gasteiger charge is 2.48. The number of allylic oxidation sites excluding steroid dienone is 5. The highest BCUT2D eigenvalue weighted by Crippen LogP contribution is 2.57. The zero-order chi connectivity index (χ0) is 45.1. The fraction of sp³-hybridized carbons (Fsp3) is 0.397. The molecule has 61 heavy (non-hydrogen) atoms. The number of hydrogen-bond donors (Lipinski definition) is 0. The molecule has 0 bridgehead atoms. The largest absolute Gasteiger partial charge is 0.344 e. The summed E-state index contributed by atoms with van der Waals surface area (Å²) < 4.78 is 0. The van der Waals surface area contributed by atoms with Gasteiger partial charge in [-0.15, -0.1) is 0 Å². The minimum absolute atomic E-state index is 0.0474. The molecule has 4 aromatic rings. The quantitative estimate of drug-likeness (QED) is 0.0905. The molecule has 0 spiro atoms. The van der Waals surface area contributed by atoms with Crippen LogP contribution in [0.15, 0.2) is 121 Å². The Bertz CT molecular complexity index is 2250. The van der Waals surface area contributed by atoms with Gasteiger partial charge < -0.3 is 9.80 Å². The van der Waals surface area contributed by atoms with Gasteiger partial charge in [0.2, 0.25) is 5.78 Å². The lowest BCUT2D eigenvalue weighted by atomic mass is 9.79. The molecule has 0 heterocycles. The minimum Gasteiger partial charge on any atom is -0.344 e. The summed E-state index contributed by atoms with van der Waals surface area (Å²) in [6, 6.07) is 30.7. The summed E-state index contributed by atoms with van der Waals surface area (Å²) in [6.07, 6.45) is 14.5. The molecule has 1 fully saturated rings. The van der Waals surface area contributed by atoms with Gasteiger partial charge in [-0.1, -0.05) is 153 Å². The van der Waals surface area contributed by atoms with E-state index < -0.39 is 0 Å². The Hall–Kier alpha value is -5.07. The number of unbranched alkanes of at least 4 members (excludes halogenated alkanes) is 1. The molecule has 0 amide bonds. The molecule has 322 valence electrons. The van der Waals surface area contributed by atoms with Gasteiger partial charge in [-0.05, 0) is 147 Å². The molecule has 3 aliphatic carbocycles. The Balaban J connectivity index is 0.000000599. The molecule has 0 aliphatic heterocycles. The van der Waals surface area contributed by atoms with E-state index in [1.54, 1.807) is 0 Å². The Labute approximate surface area is 372 Å². The molecule has 4 aromatic carbocycles. The molecule has 1 saturated carbocycles. The van der Waals surface area contributed by atoms with Crippen LogP contribution in [0.2, 0.25) is 0 Å². The maximum absolute atomic E-state index is 12.4. The van der Waals surface area contributed by atoms with Crippen molar-refractivity contribution in [1.82, 2.24) is 0 Å². The Kier molecular flexibility index (Phi) is 17.2. The normalized spacial score (nSPS) is 17.5. The molecule has 3 atom stereocenters. The minimum atomic E-state index is -0.0493. The van der Waals surface area contributed by atoms with Gasteiger partial charge in [-0.3, -0.25) is 4.79 Å². The number of carbonyl (C=O) groups is 1. The number of carbonyl (C=O) groups excluding carboxylic acids is 1. The van der Waals surface area contributed by atoms with E-state index in [-0.39, 0.29) is 17.1 Å². The summed E-state index contributed by atoms with van der Waals surface area (Å²) in [7, 11) is 2.18. The molecule has 0 aromatic heterocycles. The predicted molar refractivity (Wildman–Crippen MR) is 266 cm³/mol.